The number of nitrogens with one attached hydrogen (secondary N) is 2. The summed E-state index contributed by atoms with van der Waals surface area (Å²) in [6, 6.07) is 5.78. The molecule has 4 nitrogen and oxygen atoms in total. The zero-order valence-corrected chi connectivity index (χ0v) is 11.3. The van der Waals surface area contributed by atoms with Gasteiger partial charge in [-0.2, -0.15) is 0 Å². The lowest BCUT2D eigenvalue weighted by atomic mass is 10.0. The average molecular weight is 248 g/mol. The van der Waals surface area contributed by atoms with Crippen LogP contribution in [0, 0.1) is 0 Å². The minimum atomic E-state index is -0.581. The third-order valence-electron chi connectivity index (χ3n) is 3.35. The zero-order valence-electron chi connectivity index (χ0n) is 11.3. The monoisotopic (exact) mass is 248 g/mol. The van der Waals surface area contributed by atoms with Crippen LogP contribution in [-0.2, 0) is 11.2 Å². The van der Waals surface area contributed by atoms with Crippen molar-refractivity contribution >= 4 is 11.6 Å². The van der Waals surface area contributed by atoms with E-state index in [1.165, 1.54) is 0 Å². The summed E-state index contributed by atoms with van der Waals surface area (Å²) in [5, 5.41) is 5.90. The zero-order chi connectivity index (χ0) is 13.3. The van der Waals surface area contributed by atoms with Crippen molar-refractivity contribution in [1.82, 2.24) is 5.32 Å². The summed E-state index contributed by atoms with van der Waals surface area (Å²) in [4.78, 5) is 12.0. The standard InChI is InChI=1S/C14H20N2O2/c1-9-7-10-8-11(5-6-12(10)18-9)16-13(17)14(2,3)15-4/h5-6,8-9,15H,7H2,1-4H3,(H,16,17). The van der Waals surface area contributed by atoms with Crippen LogP contribution in [0.3, 0.4) is 0 Å². The van der Waals surface area contributed by atoms with Crippen molar-refractivity contribution in [1.29, 1.82) is 0 Å². The molecular formula is C14H20N2O2. The number of fused-ring (bicyclic) bond motifs is 1. The molecule has 1 heterocycles. The van der Waals surface area contributed by atoms with Crippen molar-refractivity contribution < 1.29 is 9.53 Å². The van der Waals surface area contributed by atoms with E-state index >= 15 is 0 Å². The number of hydrogen-bond donors (Lipinski definition) is 2. The normalized spacial score (nSPS) is 18.1. The molecule has 1 atom stereocenters. The molecule has 0 aromatic heterocycles. The number of amides is 1. The van der Waals surface area contributed by atoms with Crippen LogP contribution in [0.25, 0.3) is 0 Å². The highest BCUT2D eigenvalue weighted by atomic mass is 16.5. The maximum atomic E-state index is 12.0. The minimum absolute atomic E-state index is 0.0445. The highest BCUT2D eigenvalue weighted by molar-refractivity contribution is 5.97. The summed E-state index contributed by atoms with van der Waals surface area (Å²) in [7, 11) is 1.78. The van der Waals surface area contributed by atoms with Gasteiger partial charge in [-0.3, -0.25) is 4.79 Å². The van der Waals surface area contributed by atoms with Crippen LogP contribution in [0.2, 0.25) is 0 Å². The van der Waals surface area contributed by atoms with Gasteiger partial charge in [0.15, 0.2) is 0 Å². The van der Waals surface area contributed by atoms with Gasteiger partial charge in [-0.15, -0.1) is 0 Å². The second-order valence-electron chi connectivity index (χ2n) is 5.28. The Kier molecular flexibility index (Phi) is 3.30. The Morgan fingerprint density at radius 3 is 2.83 bits per heavy atom. The fourth-order valence-electron chi connectivity index (χ4n) is 1.90. The second kappa shape index (κ2) is 4.61. The molecule has 0 bridgehead atoms. The largest absolute Gasteiger partial charge is 0.490 e. The van der Waals surface area contributed by atoms with Crippen LogP contribution in [0.1, 0.15) is 26.3 Å². The van der Waals surface area contributed by atoms with E-state index in [-0.39, 0.29) is 12.0 Å². The number of ether oxygens (including phenoxy) is 1. The van der Waals surface area contributed by atoms with E-state index in [1.807, 2.05) is 39.0 Å². The quantitative estimate of drug-likeness (QED) is 0.859. The van der Waals surface area contributed by atoms with Crippen LogP contribution in [0.4, 0.5) is 5.69 Å². The molecule has 1 aromatic carbocycles. The van der Waals surface area contributed by atoms with Gasteiger partial charge in [0.2, 0.25) is 5.91 Å². The highest BCUT2D eigenvalue weighted by Crippen LogP contribution is 2.31. The molecule has 0 fully saturated rings. The second-order valence-corrected chi connectivity index (χ2v) is 5.28. The first-order valence-electron chi connectivity index (χ1n) is 6.22. The number of rotatable bonds is 3. The van der Waals surface area contributed by atoms with Crippen LogP contribution >= 0.6 is 0 Å². The smallest absolute Gasteiger partial charge is 0.244 e. The van der Waals surface area contributed by atoms with Crippen molar-refractivity contribution in [2.24, 2.45) is 0 Å². The molecule has 4 heteroatoms. The summed E-state index contributed by atoms with van der Waals surface area (Å²) in [6.45, 7) is 5.74. The van der Waals surface area contributed by atoms with Gasteiger partial charge in [0, 0.05) is 12.1 Å². The summed E-state index contributed by atoms with van der Waals surface area (Å²) in [5.74, 6) is 0.880. The molecule has 2 rings (SSSR count). The first kappa shape index (κ1) is 12.9. The first-order chi connectivity index (χ1) is 8.42. The van der Waals surface area contributed by atoms with Gasteiger partial charge in [-0.1, -0.05) is 0 Å². The number of likely N-dealkylation sites (N-methyl/N-ethyl adjacent to an activating group) is 1. The Morgan fingerprint density at radius 2 is 2.17 bits per heavy atom. The molecule has 0 saturated carbocycles. The average Bonchev–Trinajstić information content (AvgIpc) is 2.68. The summed E-state index contributed by atoms with van der Waals surface area (Å²) in [6.07, 6.45) is 1.12. The van der Waals surface area contributed by atoms with Crippen molar-refractivity contribution in [3.8, 4) is 5.75 Å². The molecule has 1 amide bonds. The molecule has 98 valence electrons. The predicted molar refractivity (Wildman–Crippen MR) is 72.0 cm³/mol. The molecule has 18 heavy (non-hydrogen) atoms. The summed E-state index contributed by atoms with van der Waals surface area (Å²) >= 11 is 0. The first-order valence-corrected chi connectivity index (χ1v) is 6.22. The van der Waals surface area contributed by atoms with Gasteiger partial charge >= 0.3 is 0 Å². The lowest BCUT2D eigenvalue weighted by Gasteiger charge is -2.22. The minimum Gasteiger partial charge on any atom is -0.490 e. The molecule has 2 N–H and O–H groups in total. The Balaban J connectivity index is 2.12. The molecule has 0 saturated heterocycles. The summed E-state index contributed by atoms with van der Waals surface area (Å²) in [5.41, 5.74) is 1.39. The highest BCUT2D eigenvalue weighted by Gasteiger charge is 2.26. The van der Waals surface area contributed by atoms with E-state index < -0.39 is 5.54 Å². The number of benzene rings is 1. The van der Waals surface area contributed by atoms with Crippen molar-refractivity contribution in [3.63, 3.8) is 0 Å². The molecular weight excluding hydrogens is 228 g/mol. The van der Waals surface area contributed by atoms with Crippen LogP contribution in [0.5, 0.6) is 5.75 Å². The maximum absolute atomic E-state index is 12.0. The number of carbonyl (C=O) groups is 1. The molecule has 0 radical (unpaired) electrons. The van der Waals surface area contributed by atoms with Crippen LogP contribution in [-0.4, -0.2) is 24.6 Å². The Hall–Kier alpha value is -1.55. The molecule has 1 aliphatic heterocycles. The Morgan fingerprint density at radius 1 is 1.44 bits per heavy atom. The predicted octanol–water partition coefficient (Wildman–Crippen LogP) is 1.95. The number of anilines is 1. The van der Waals surface area contributed by atoms with E-state index in [9.17, 15) is 4.79 Å². The number of hydrogen-bond acceptors (Lipinski definition) is 3. The van der Waals surface area contributed by atoms with Crippen LogP contribution < -0.4 is 15.4 Å². The topological polar surface area (TPSA) is 50.4 Å². The molecule has 0 spiro atoms. The van der Waals surface area contributed by atoms with Gasteiger partial charge in [0.1, 0.15) is 11.9 Å². The Labute approximate surface area is 108 Å². The van der Waals surface area contributed by atoms with Crippen molar-refractivity contribution in [3.05, 3.63) is 23.8 Å². The third kappa shape index (κ3) is 2.48. The van der Waals surface area contributed by atoms with E-state index in [1.54, 1.807) is 7.05 Å². The van der Waals surface area contributed by atoms with Gasteiger partial charge in [-0.25, -0.2) is 0 Å². The van der Waals surface area contributed by atoms with Crippen molar-refractivity contribution in [2.75, 3.05) is 12.4 Å². The molecule has 1 aromatic rings. The van der Waals surface area contributed by atoms with E-state index in [2.05, 4.69) is 10.6 Å². The van der Waals surface area contributed by atoms with E-state index in [0.717, 1.165) is 23.4 Å². The van der Waals surface area contributed by atoms with Gasteiger partial charge in [0.05, 0.1) is 5.54 Å². The SMILES string of the molecule is CNC(C)(C)C(=O)Nc1ccc2c(c1)CC(C)O2. The fraction of sp³-hybridized carbons (Fsp3) is 0.500. The van der Waals surface area contributed by atoms with E-state index in [4.69, 9.17) is 4.74 Å². The van der Waals surface area contributed by atoms with Gasteiger partial charge < -0.3 is 15.4 Å². The summed E-state index contributed by atoms with van der Waals surface area (Å²) < 4.78 is 5.63. The van der Waals surface area contributed by atoms with Crippen LogP contribution in [0.15, 0.2) is 18.2 Å². The lowest BCUT2D eigenvalue weighted by molar-refractivity contribution is -0.121. The maximum Gasteiger partial charge on any atom is 0.244 e. The lowest BCUT2D eigenvalue weighted by Crippen LogP contribution is -2.47. The Bertz CT molecular complexity index is 469. The molecule has 1 aliphatic rings. The van der Waals surface area contributed by atoms with E-state index in [0.29, 0.717) is 0 Å². The fourth-order valence-corrected chi connectivity index (χ4v) is 1.90. The molecule has 1 unspecified atom stereocenters. The van der Waals surface area contributed by atoms with Gasteiger partial charge in [-0.05, 0) is 51.6 Å². The number of carbonyl (C=O) groups excluding carboxylic acids is 1. The molecule has 0 aliphatic carbocycles. The van der Waals surface area contributed by atoms with Gasteiger partial charge in [0.25, 0.3) is 0 Å². The third-order valence-corrected chi connectivity index (χ3v) is 3.35. The van der Waals surface area contributed by atoms with Crippen molar-refractivity contribution in [2.45, 2.75) is 38.8 Å².